The molecule has 7 heteroatoms. The number of nitrogens with one attached hydrogen (secondary N) is 2. The molecule has 2 N–H and O–H groups in total. The Hall–Kier alpha value is -3.09. The van der Waals surface area contributed by atoms with Crippen molar-refractivity contribution >= 4 is 23.2 Å². The lowest BCUT2D eigenvalue weighted by Crippen LogP contribution is -2.10. The molecule has 23 heavy (non-hydrogen) atoms. The lowest BCUT2D eigenvalue weighted by Gasteiger charge is -2.09. The minimum atomic E-state index is -0.516. The van der Waals surface area contributed by atoms with Gasteiger partial charge < -0.3 is 10.1 Å². The summed E-state index contributed by atoms with van der Waals surface area (Å²) >= 11 is 0. The van der Waals surface area contributed by atoms with E-state index in [1.165, 1.54) is 13.2 Å². The summed E-state index contributed by atoms with van der Waals surface area (Å²) < 4.78 is 4.52. The van der Waals surface area contributed by atoms with E-state index in [2.05, 4.69) is 15.4 Å². The third-order valence-electron chi connectivity index (χ3n) is 3.28. The molecule has 0 unspecified atom stereocenters. The minimum Gasteiger partial charge on any atom is -0.453 e. The molecule has 7 nitrogen and oxygen atoms in total. The topological polar surface area (TPSA) is 93.5 Å². The summed E-state index contributed by atoms with van der Waals surface area (Å²) in [5, 5.41) is 16.6. The van der Waals surface area contributed by atoms with Crippen LogP contribution in [0.4, 0.5) is 21.9 Å². The van der Waals surface area contributed by atoms with Gasteiger partial charge in [0.15, 0.2) is 0 Å². The molecule has 0 saturated carbocycles. The normalized spacial score (nSPS) is 10.0. The number of carbonyl (C=O) groups excluding carboxylic acids is 1. The second kappa shape index (κ2) is 7.26. The molecule has 0 heterocycles. The van der Waals surface area contributed by atoms with Crippen LogP contribution in [0.25, 0.3) is 0 Å². The molecule has 0 saturated heterocycles. The third-order valence-corrected chi connectivity index (χ3v) is 3.28. The number of rotatable bonds is 5. The predicted molar refractivity (Wildman–Crippen MR) is 87.6 cm³/mol. The number of amides is 1. The summed E-state index contributed by atoms with van der Waals surface area (Å²) in [7, 11) is 1.31. The van der Waals surface area contributed by atoms with E-state index >= 15 is 0 Å². The molecule has 2 rings (SSSR count). The van der Waals surface area contributed by atoms with Crippen molar-refractivity contribution in [1.82, 2.24) is 0 Å². The van der Waals surface area contributed by atoms with E-state index in [9.17, 15) is 14.9 Å². The smallest absolute Gasteiger partial charge is 0.411 e. The van der Waals surface area contributed by atoms with E-state index in [-0.39, 0.29) is 5.69 Å². The largest absolute Gasteiger partial charge is 0.453 e. The number of hydrogen-bond acceptors (Lipinski definition) is 5. The van der Waals surface area contributed by atoms with Crippen molar-refractivity contribution in [2.45, 2.75) is 13.5 Å². The Kier molecular flexibility index (Phi) is 5.14. The number of hydrogen-bond donors (Lipinski definition) is 2. The van der Waals surface area contributed by atoms with Gasteiger partial charge in [-0.1, -0.05) is 12.1 Å². The van der Waals surface area contributed by atoms with Crippen molar-refractivity contribution in [3.8, 4) is 0 Å². The van der Waals surface area contributed by atoms with Crippen LogP contribution in [0.5, 0.6) is 0 Å². The highest BCUT2D eigenvalue weighted by Crippen LogP contribution is 2.22. The number of carbonyl (C=O) groups is 1. The van der Waals surface area contributed by atoms with E-state index in [0.29, 0.717) is 17.8 Å². The molecule has 0 bridgehead atoms. The van der Waals surface area contributed by atoms with E-state index < -0.39 is 11.0 Å². The van der Waals surface area contributed by atoms with Crippen molar-refractivity contribution in [1.29, 1.82) is 0 Å². The molecule has 0 aliphatic carbocycles. The zero-order valence-corrected chi connectivity index (χ0v) is 12.8. The molecular weight excluding hydrogens is 298 g/mol. The molecule has 0 aromatic heterocycles. The predicted octanol–water partition coefficient (Wildman–Crippen LogP) is 3.69. The third kappa shape index (κ3) is 4.44. The van der Waals surface area contributed by atoms with Crippen molar-refractivity contribution in [3.05, 3.63) is 63.7 Å². The standard InChI is InChI=1S/C16H17N3O4/c1-11-9-14(7-8-15(11)19(21)22)17-10-12-3-5-13(6-4-12)18-16(20)23-2/h3-9,17H,10H2,1-2H3,(H,18,20). The first-order valence-electron chi connectivity index (χ1n) is 6.92. The Morgan fingerprint density at radius 1 is 1.17 bits per heavy atom. The SMILES string of the molecule is COC(=O)Nc1ccc(CNc2ccc([N+](=O)[O-])c(C)c2)cc1. The fourth-order valence-corrected chi connectivity index (χ4v) is 2.05. The van der Waals surface area contributed by atoms with Gasteiger partial charge in [0.05, 0.1) is 12.0 Å². The zero-order valence-electron chi connectivity index (χ0n) is 12.8. The van der Waals surface area contributed by atoms with Gasteiger partial charge in [-0.2, -0.15) is 0 Å². The van der Waals surface area contributed by atoms with Crippen molar-refractivity contribution < 1.29 is 14.5 Å². The highest BCUT2D eigenvalue weighted by atomic mass is 16.6. The van der Waals surface area contributed by atoms with Crippen LogP contribution in [0.15, 0.2) is 42.5 Å². The first-order chi connectivity index (χ1) is 11.0. The van der Waals surface area contributed by atoms with Crippen LogP contribution in [-0.4, -0.2) is 18.1 Å². The lowest BCUT2D eigenvalue weighted by molar-refractivity contribution is -0.385. The molecule has 120 valence electrons. The van der Waals surface area contributed by atoms with Crippen LogP contribution < -0.4 is 10.6 Å². The van der Waals surface area contributed by atoms with E-state index in [0.717, 1.165) is 11.3 Å². The maximum atomic E-state index is 11.1. The number of benzene rings is 2. The Bertz CT molecular complexity index is 714. The fraction of sp³-hybridized carbons (Fsp3) is 0.188. The highest BCUT2D eigenvalue weighted by Gasteiger charge is 2.09. The lowest BCUT2D eigenvalue weighted by atomic mass is 10.1. The number of methoxy groups -OCH3 is 1. The van der Waals surface area contributed by atoms with Crippen LogP contribution in [-0.2, 0) is 11.3 Å². The second-order valence-electron chi connectivity index (χ2n) is 4.93. The van der Waals surface area contributed by atoms with Gasteiger partial charge in [0, 0.05) is 29.5 Å². The maximum Gasteiger partial charge on any atom is 0.411 e. The molecule has 0 fully saturated rings. The van der Waals surface area contributed by atoms with E-state index in [1.807, 2.05) is 12.1 Å². The summed E-state index contributed by atoms with van der Waals surface area (Å²) in [5.41, 5.74) is 3.18. The zero-order chi connectivity index (χ0) is 16.8. The molecule has 2 aromatic carbocycles. The Morgan fingerprint density at radius 2 is 1.83 bits per heavy atom. The van der Waals surface area contributed by atoms with Gasteiger partial charge in [0.25, 0.3) is 5.69 Å². The summed E-state index contributed by atoms with van der Waals surface area (Å²) in [6.07, 6.45) is -0.516. The van der Waals surface area contributed by atoms with Gasteiger partial charge in [0.2, 0.25) is 0 Å². The van der Waals surface area contributed by atoms with Crippen LogP contribution in [0.3, 0.4) is 0 Å². The summed E-state index contributed by atoms with van der Waals surface area (Å²) in [6.45, 7) is 2.27. The Morgan fingerprint density at radius 3 is 2.39 bits per heavy atom. The van der Waals surface area contributed by atoms with Crippen molar-refractivity contribution in [2.75, 3.05) is 17.7 Å². The van der Waals surface area contributed by atoms with Gasteiger partial charge in [-0.25, -0.2) is 4.79 Å². The monoisotopic (exact) mass is 315 g/mol. The number of ether oxygens (including phenoxy) is 1. The van der Waals surface area contributed by atoms with Crippen molar-refractivity contribution in [3.63, 3.8) is 0 Å². The van der Waals surface area contributed by atoms with Gasteiger partial charge >= 0.3 is 6.09 Å². The fourth-order valence-electron chi connectivity index (χ4n) is 2.05. The van der Waals surface area contributed by atoms with Gasteiger partial charge in [-0.05, 0) is 36.8 Å². The minimum absolute atomic E-state index is 0.105. The second-order valence-corrected chi connectivity index (χ2v) is 4.93. The van der Waals surface area contributed by atoms with Crippen molar-refractivity contribution in [2.24, 2.45) is 0 Å². The molecular formula is C16H17N3O4. The van der Waals surface area contributed by atoms with Gasteiger partial charge in [-0.3, -0.25) is 15.4 Å². The highest BCUT2D eigenvalue weighted by molar-refractivity contribution is 5.84. The van der Waals surface area contributed by atoms with E-state index in [4.69, 9.17) is 0 Å². The molecule has 1 amide bonds. The average Bonchev–Trinajstić information content (AvgIpc) is 2.53. The molecule has 2 aromatic rings. The molecule has 0 spiro atoms. The number of nitrogens with zero attached hydrogens (tertiary/aromatic N) is 1. The number of nitro groups is 1. The molecule has 0 aliphatic heterocycles. The van der Waals surface area contributed by atoms with Crippen LogP contribution >= 0.6 is 0 Å². The van der Waals surface area contributed by atoms with Crippen LogP contribution in [0, 0.1) is 17.0 Å². The first kappa shape index (κ1) is 16.3. The summed E-state index contributed by atoms with van der Waals surface area (Å²) in [6, 6.07) is 12.2. The van der Waals surface area contributed by atoms with E-state index in [1.54, 1.807) is 31.2 Å². The maximum absolute atomic E-state index is 11.1. The molecule has 0 radical (unpaired) electrons. The average molecular weight is 315 g/mol. The van der Waals surface area contributed by atoms with Crippen LogP contribution in [0.1, 0.15) is 11.1 Å². The molecule has 0 atom stereocenters. The van der Waals surface area contributed by atoms with Crippen LogP contribution in [0.2, 0.25) is 0 Å². The number of anilines is 2. The van der Waals surface area contributed by atoms with Gasteiger partial charge in [0.1, 0.15) is 0 Å². The Balaban J connectivity index is 1.97. The summed E-state index contributed by atoms with van der Waals surface area (Å²) in [5.74, 6) is 0. The van der Waals surface area contributed by atoms with Gasteiger partial charge in [-0.15, -0.1) is 0 Å². The number of aryl methyl sites for hydroxylation is 1. The first-order valence-corrected chi connectivity index (χ1v) is 6.92. The molecule has 0 aliphatic rings. The Labute approximate surface area is 133 Å². The number of nitro benzene ring substituents is 1. The quantitative estimate of drug-likeness (QED) is 0.648. The summed E-state index contributed by atoms with van der Waals surface area (Å²) in [4.78, 5) is 21.5.